The predicted molar refractivity (Wildman–Crippen MR) is 103 cm³/mol. The van der Waals surface area contributed by atoms with Crippen molar-refractivity contribution in [2.24, 2.45) is 0 Å². The summed E-state index contributed by atoms with van der Waals surface area (Å²) in [6.45, 7) is -0.491. The second-order valence-electron chi connectivity index (χ2n) is 5.84. The highest BCUT2D eigenvalue weighted by Crippen LogP contribution is 2.34. The quantitative estimate of drug-likeness (QED) is 0.361. The maximum atomic E-state index is 12.3. The number of halogens is 1. The zero-order chi connectivity index (χ0) is 19.1. The number of nitriles is 1. The van der Waals surface area contributed by atoms with Crippen LogP contribution in [0.15, 0.2) is 17.7 Å². The Balaban J connectivity index is 2.23. The van der Waals surface area contributed by atoms with Gasteiger partial charge in [0.25, 0.3) is 5.91 Å². The number of carbonyl (C=O) groups excluding carboxylic acids is 1. The molecule has 7 nitrogen and oxygen atoms in total. The van der Waals surface area contributed by atoms with Crippen LogP contribution in [0.2, 0.25) is 0 Å². The number of nitrogens with one attached hydrogen (secondary N) is 1. The minimum absolute atomic E-state index is 0.00829. The number of benzene rings is 1. The highest BCUT2D eigenvalue weighted by molar-refractivity contribution is 14.1. The molecule has 1 fully saturated rings. The van der Waals surface area contributed by atoms with Crippen molar-refractivity contribution in [3.05, 3.63) is 26.8 Å². The van der Waals surface area contributed by atoms with Crippen LogP contribution in [0.5, 0.6) is 11.5 Å². The standard InChI is InChI=1S/C18H19IN2O5/c1-25-15-8-11(7-14(19)17(15)26-10-16(22)23)6-12(9-20)18(24)21-13-4-2-3-5-13/h6-8,13H,2-5,10H2,1H3,(H,21,24)(H,22,23)/b12-6-. The summed E-state index contributed by atoms with van der Waals surface area (Å²) < 4.78 is 11.1. The molecule has 138 valence electrons. The van der Waals surface area contributed by atoms with E-state index in [0.29, 0.717) is 20.6 Å². The van der Waals surface area contributed by atoms with Crippen LogP contribution in [-0.4, -0.2) is 36.7 Å². The summed E-state index contributed by atoms with van der Waals surface area (Å²) >= 11 is 1.99. The Labute approximate surface area is 165 Å². The Morgan fingerprint density at radius 2 is 2.12 bits per heavy atom. The summed E-state index contributed by atoms with van der Waals surface area (Å²) in [5.74, 6) is -0.846. The number of carboxylic acids is 1. The first kappa shape index (κ1) is 20.0. The molecule has 0 bridgehead atoms. The molecule has 0 aromatic heterocycles. The van der Waals surface area contributed by atoms with Gasteiger partial charge in [-0.1, -0.05) is 12.8 Å². The third-order valence-corrected chi connectivity index (χ3v) is 4.76. The molecular formula is C18H19IN2O5. The average molecular weight is 470 g/mol. The lowest BCUT2D eigenvalue weighted by Gasteiger charge is -2.13. The second-order valence-corrected chi connectivity index (χ2v) is 7.00. The molecule has 1 aliphatic rings. The molecule has 2 N–H and O–H groups in total. The van der Waals surface area contributed by atoms with Crippen LogP contribution < -0.4 is 14.8 Å². The molecule has 1 aliphatic carbocycles. The van der Waals surface area contributed by atoms with Gasteiger partial charge in [0.05, 0.1) is 10.7 Å². The van der Waals surface area contributed by atoms with Gasteiger partial charge in [-0.2, -0.15) is 5.26 Å². The number of carbonyl (C=O) groups is 2. The van der Waals surface area contributed by atoms with Gasteiger partial charge in [-0.05, 0) is 59.2 Å². The SMILES string of the molecule is COc1cc(/C=C(/C#N)C(=O)NC2CCCC2)cc(I)c1OCC(=O)O. The van der Waals surface area contributed by atoms with E-state index in [9.17, 15) is 14.9 Å². The van der Waals surface area contributed by atoms with Gasteiger partial charge in [-0.25, -0.2) is 4.79 Å². The molecule has 0 spiro atoms. The third kappa shape index (κ3) is 5.36. The Morgan fingerprint density at radius 1 is 1.42 bits per heavy atom. The van der Waals surface area contributed by atoms with Crippen molar-refractivity contribution < 1.29 is 24.2 Å². The van der Waals surface area contributed by atoms with Crippen LogP contribution in [0.1, 0.15) is 31.2 Å². The molecule has 0 unspecified atom stereocenters. The van der Waals surface area contributed by atoms with Gasteiger partial charge in [-0.3, -0.25) is 4.79 Å². The maximum absolute atomic E-state index is 12.3. The minimum Gasteiger partial charge on any atom is -0.493 e. The number of carboxylic acid groups (broad SMARTS) is 1. The van der Waals surface area contributed by atoms with Gasteiger partial charge >= 0.3 is 5.97 Å². The fourth-order valence-corrected chi connectivity index (χ4v) is 3.53. The molecule has 26 heavy (non-hydrogen) atoms. The van der Waals surface area contributed by atoms with E-state index in [1.165, 1.54) is 13.2 Å². The Morgan fingerprint density at radius 3 is 2.69 bits per heavy atom. The third-order valence-electron chi connectivity index (χ3n) is 3.96. The van der Waals surface area contributed by atoms with E-state index in [2.05, 4.69) is 5.32 Å². The van der Waals surface area contributed by atoms with Crippen LogP contribution in [-0.2, 0) is 9.59 Å². The van der Waals surface area contributed by atoms with E-state index in [1.807, 2.05) is 28.7 Å². The van der Waals surface area contributed by atoms with Gasteiger partial charge in [0.15, 0.2) is 18.1 Å². The van der Waals surface area contributed by atoms with Crippen LogP contribution in [0, 0.1) is 14.9 Å². The number of aliphatic carboxylic acids is 1. The molecule has 8 heteroatoms. The molecule has 0 saturated heterocycles. The van der Waals surface area contributed by atoms with Crippen molar-refractivity contribution in [1.82, 2.24) is 5.32 Å². The molecule has 1 saturated carbocycles. The van der Waals surface area contributed by atoms with Crippen molar-refractivity contribution in [2.75, 3.05) is 13.7 Å². The normalized spacial score (nSPS) is 14.6. The zero-order valence-corrected chi connectivity index (χ0v) is 16.4. The first-order chi connectivity index (χ1) is 12.4. The van der Waals surface area contributed by atoms with Gasteiger partial charge in [-0.15, -0.1) is 0 Å². The van der Waals surface area contributed by atoms with E-state index in [-0.39, 0.29) is 17.5 Å². The molecule has 0 heterocycles. The van der Waals surface area contributed by atoms with E-state index in [1.54, 1.807) is 12.1 Å². The van der Waals surface area contributed by atoms with Crippen molar-refractivity contribution in [3.8, 4) is 17.6 Å². The largest absolute Gasteiger partial charge is 0.493 e. The Bertz CT molecular complexity index is 764. The van der Waals surface area contributed by atoms with Gasteiger partial charge in [0.1, 0.15) is 11.6 Å². The molecule has 1 aromatic carbocycles. The monoisotopic (exact) mass is 470 g/mol. The number of ether oxygens (including phenoxy) is 2. The summed E-state index contributed by atoms with van der Waals surface area (Å²) in [4.78, 5) is 23.0. The molecule has 1 aromatic rings. The topological polar surface area (TPSA) is 109 Å². The van der Waals surface area contributed by atoms with E-state index in [4.69, 9.17) is 14.6 Å². The minimum atomic E-state index is -1.10. The molecule has 0 radical (unpaired) electrons. The molecular weight excluding hydrogens is 451 g/mol. The van der Waals surface area contributed by atoms with Crippen LogP contribution >= 0.6 is 22.6 Å². The Kier molecular flexibility index (Phi) is 7.26. The highest BCUT2D eigenvalue weighted by Gasteiger charge is 2.20. The van der Waals surface area contributed by atoms with Gasteiger partial charge < -0.3 is 19.9 Å². The lowest BCUT2D eigenvalue weighted by molar-refractivity contribution is -0.139. The summed E-state index contributed by atoms with van der Waals surface area (Å²) in [7, 11) is 1.44. The fraction of sp³-hybridized carbons (Fsp3) is 0.389. The van der Waals surface area contributed by atoms with Gasteiger partial charge in [0, 0.05) is 6.04 Å². The lowest BCUT2D eigenvalue weighted by Crippen LogP contribution is -2.33. The van der Waals surface area contributed by atoms with Crippen LogP contribution in [0.4, 0.5) is 0 Å². The lowest BCUT2D eigenvalue weighted by atomic mass is 10.1. The van der Waals surface area contributed by atoms with E-state index < -0.39 is 12.6 Å². The fourth-order valence-electron chi connectivity index (χ4n) is 2.75. The van der Waals surface area contributed by atoms with Crippen LogP contribution in [0.3, 0.4) is 0 Å². The predicted octanol–water partition coefficient (Wildman–Crippen LogP) is 2.73. The summed E-state index contributed by atoms with van der Waals surface area (Å²) in [5.41, 5.74) is 0.598. The van der Waals surface area contributed by atoms with Crippen molar-refractivity contribution in [2.45, 2.75) is 31.7 Å². The number of nitrogens with zero attached hydrogens (tertiary/aromatic N) is 1. The number of methoxy groups -OCH3 is 1. The summed E-state index contributed by atoms with van der Waals surface area (Å²) in [6.07, 6.45) is 5.53. The van der Waals surface area contributed by atoms with Crippen molar-refractivity contribution in [1.29, 1.82) is 5.26 Å². The number of hydrogen-bond donors (Lipinski definition) is 2. The summed E-state index contributed by atoms with van der Waals surface area (Å²) in [5, 5.41) is 21.0. The summed E-state index contributed by atoms with van der Waals surface area (Å²) in [6, 6.07) is 5.35. The van der Waals surface area contributed by atoms with Crippen molar-refractivity contribution >= 4 is 40.5 Å². The number of rotatable bonds is 7. The van der Waals surface area contributed by atoms with Crippen LogP contribution in [0.25, 0.3) is 6.08 Å². The first-order valence-corrected chi connectivity index (χ1v) is 9.17. The highest BCUT2D eigenvalue weighted by atomic mass is 127. The molecule has 0 aliphatic heterocycles. The number of amides is 1. The zero-order valence-electron chi connectivity index (χ0n) is 14.3. The maximum Gasteiger partial charge on any atom is 0.341 e. The number of hydrogen-bond acceptors (Lipinski definition) is 5. The van der Waals surface area contributed by atoms with Gasteiger partial charge in [0.2, 0.25) is 0 Å². The average Bonchev–Trinajstić information content (AvgIpc) is 3.10. The second kappa shape index (κ2) is 9.43. The molecule has 0 atom stereocenters. The van der Waals surface area contributed by atoms with Crippen molar-refractivity contribution in [3.63, 3.8) is 0 Å². The first-order valence-electron chi connectivity index (χ1n) is 8.09. The van der Waals surface area contributed by atoms with E-state index in [0.717, 1.165) is 25.7 Å². The Hall–Kier alpha value is -2.28. The smallest absolute Gasteiger partial charge is 0.341 e. The molecule has 1 amide bonds. The van der Waals surface area contributed by atoms with E-state index >= 15 is 0 Å². The molecule has 2 rings (SSSR count).